The zero-order valence-corrected chi connectivity index (χ0v) is 11.3. The molecule has 0 amide bonds. The molecule has 0 aliphatic heterocycles. The van der Waals surface area contributed by atoms with Gasteiger partial charge in [0.05, 0.1) is 0 Å². The van der Waals surface area contributed by atoms with E-state index in [1.54, 1.807) is 0 Å². The summed E-state index contributed by atoms with van der Waals surface area (Å²) in [5, 5.41) is 0. The zero-order chi connectivity index (χ0) is 13.0. The number of aromatic nitrogens is 2. The Hall–Kier alpha value is -1.36. The topological polar surface area (TPSA) is 109 Å². The van der Waals surface area contributed by atoms with Crippen molar-refractivity contribution >= 4 is 12.4 Å². The van der Waals surface area contributed by atoms with Crippen molar-refractivity contribution in [2.45, 2.75) is 0 Å². The van der Waals surface area contributed by atoms with Gasteiger partial charge in [0.1, 0.15) is 0 Å². The molecule has 0 bridgehead atoms. The number of rotatable bonds is 0. The maximum atomic E-state index is 8.59. The van der Waals surface area contributed by atoms with Gasteiger partial charge >= 0.3 is 29.5 Å². The number of halogens is 1. The molecule has 0 saturated heterocycles. The molecule has 2 N–H and O–H groups in total. The summed E-state index contributed by atoms with van der Waals surface area (Å²) in [6.45, 7) is 0. The van der Waals surface area contributed by atoms with Gasteiger partial charge in [-0.2, -0.15) is 0 Å². The Balaban J connectivity index is 0. The quantitative estimate of drug-likeness (QED) is 0.609. The average Bonchev–Trinajstić information content (AvgIpc) is 2.32. The first kappa shape index (κ1) is 19.0. The van der Waals surface area contributed by atoms with Crippen molar-refractivity contribution in [3.8, 4) is 0 Å². The van der Waals surface area contributed by atoms with Crippen molar-refractivity contribution in [1.82, 2.24) is 0 Å². The van der Waals surface area contributed by atoms with Gasteiger partial charge < -0.3 is 0 Å². The van der Waals surface area contributed by atoms with Crippen LogP contribution in [0.1, 0.15) is 0 Å². The largest absolute Gasteiger partial charge is 0.218 e. The van der Waals surface area contributed by atoms with E-state index in [0.29, 0.717) is 0 Å². The van der Waals surface area contributed by atoms with E-state index in [4.69, 9.17) is 15.9 Å². The van der Waals surface area contributed by atoms with Crippen LogP contribution in [0.15, 0.2) is 61.2 Å². The van der Waals surface area contributed by atoms with Crippen molar-refractivity contribution in [1.29, 1.82) is 0 Å². The van der Waals surface area contributed by atoms with Crippen LogP contribution in [-0.4, -0.2) is 0 Å². The molecule has 18 heavy (non-hydrogen) atoms. The van der Waals surface area contributed by atoms with Crippen LogP contribution in [0.25, 0.3) is 0 Å². The molecule has 2 aromatic heterocycles. The number of hydrogen-bond acceptors (Lipinski definition) is 4. The Labute approximate surface area is 113 Å². The fraction of sp³-hybridized carbons (Fsp3) is 0. The van der Waals surface area contributed by atoms with Crippen LogP contribution in [0.2, 0.25) is 0 Å². The van der Waals surface area contributed by atoms with Crippen molar-refractivity contribution in [2.24, 2.45) is 0 Å². The van der Waals surface area contributed by atoms with Gasteiger partial charge in [0.2, 0.25) is 0 Å². The van der Waals surface area contributed by atoms with Gasteiger partial charge in [0, 0.05) is 24.3 Å². The molecule has 6 nitrogen and oxygen atoms in total. The first-order chi connectivity index (χ1) is 8.00. The first-order valence-corrected chi connectivity index (χ1v) is 6.57. The standard InChI is InChI=1S/2C5H5N.ClH.Cr.4O/c2*1-2-4-6-5-3-1;;;;;;/h2*1-5H;1H;;;;;/q;;;;;;2*-1/p+2. The second-order valence-electron chi connectivity index (χ2n) is 2.56. The van der Waals surface area contributed by atoms with E-state index < -0.39 is 13.6 Å². The predicted molar refractivity (Wildman–Crippen MR) is 54.6 cm³/mol. The van der Waals surface area contributed by atoms with E-state index in [9.17, 15) is 0 Å². The van der Waals surface area contributed by atoms with Gasteiger partial charge in [-0.15, -0.1) is 12.4 Å². The third kappa shape index (κ3) is 24.1. The minimum absolute atomic E-state index is 0. The molecule has 8 heteroatoms. The summed E-state index contributed by atoms with van der Waals surface area (Å²) in [6, 6.07) is 11.7. The number of pyridine rings is 2. The van der Waals surface area contributed by atoms with Crippen LogP contribution < -0.4 is 18.3 Å². The van der Waals surface area contributed by atoms with Crippen molar-refractivity contribution < 1.29 is 39.5 Å². The molecule has 0 atom stereocenters. The first-order valence-electron chi connectivity index (χ1n) is 4.49. The van der Waals surface area contributed by atoms with Gasteiger partial charge in [-0.1, -0.05) is 12.1 Å². The fourth-order valence-corrected chi connectivity index (χ4v) is 0.684. The molecule has 0 saturated carbocycles. The minimum Gasteiger partial charge on any atom is -0.218 e. The van der Waals surface area contributed by atoms with Gasteiger partial charge in [-0.3, -0.25) is 0 Å². The normalized spacial score (nSPS) is 8.56. The van der Waals surface area contributed by atoms with Crippen LogP contribution in [0.5, 0.6) is 0 Å². The number of nitrogens with one attached hydrogen (secondary N) is 2. The van der Waals surface area contributed by atoms with Crippen molar-refractivity contribution in [3.63, 3.8) is 0 Å². The third-order valence-corrected chi connectivity index (χ3v) is 1.21. The maximum Gasteiger partial charge on any atom is 0.166 e. The Kier molecular flexibility index (Phi) is 12.8. The SMILES string of the molecule is Cl.[O]=[Cr](=[O])([O-])[O-].c1cc[nH+]cc1.c1cc[nH+]cc1. The van der Waals surface area contributed by atoms with Crippen LogP contribution in [0.4, 0.5) is 0 Å². The van der Waals surface area contributed by atoms with Crippen molar-refractivity contribution in [3.05, 3.63) is 61.2 Å². The molecule has 2 rings (SSSR count). The summed E-state index contributed by atoms with van der Waals surface area (Å²) >= 11 is -5.75. The van der Waals surface area contributed by atoms with E-state index in [1.807, 2.05) is 61.2 Å². The Morgan fingerprint density at radius 2 is 0.889 bits per heavy atom. The molecule has 2 aromatic rings. The maximum absolute atomic E-state index is 8.59. The fourth-order valence-electron chi connectivity index (χ4n) is 0.684. The van der Waals surface area contributed by atoms with Crippen molar-refractivity contribution in [2.75, 3.05) is 0 Å². The van der Waals surface area contributed by atoms with Crippen LogP contribution in [0, 0.1) is 0 Å². The van der Waals surface area contributed by atoms with E-state index >= 15 is 0 Å². The van der Waals surface area contributed by atoms with Gasteiger partial charge in [-0.25, -0.2) is 9.97 Å². The number of aromatic amines is 2. The summed E-state index contributed by atoms with van der Waals surface area (Å²) in [4.78, 5) is 5.78. The average molecular weight is 313 g/mol. The monoisotopic (exact) mass is 312 g/mol. The predicted octanol–water partition coefficient (Wildman–Crippen LogP) is -1.19. The molecule has 0 radical (unpaired) electrons. The molecule has 0 spiro atoms. The van der Waals surface area contributed by atoms with E-state index in [1.165, 1.54) is 0 Å². The second kappa shape index (κ2) is 12.1. The molecule has 0 fully saturated rings. The Morgan fingerprint density at radius 1 is 0.667 bits per heavy atom. The third-order valence-electron chi connectivity index (χ3n) is 1.21. The summed E-state index contributed by atoms with van der Waals surface area (Å²) in [5.74, 6) is 0. The van der Waals surface area contributed by atoms with Crippen LogP contribution >= 0.6 is 12.4 Å². The molecule has 0 unspecified atom stereocenters. The summed E-state index contributed by atoms with van der Waals surface area (Å²) in [7, 11) is 0. The smallest absolute Gasteiger partial charge is 0.166 e. The Bertz CT molecular complexity index is 375. The molecule has 100 valence electrons. The number of H-pyrrole nitrogens is 2. The zero-order valence-electron chi connectivity index (χ0n) is 9.22. The molecule has 0 aliphatic carbocycles. The van der Waals surface area contributed by atoms with Gasteiger partial charge in [0.25, 0.3) is 0 Å². The number of hydrogen-bond donors (Lipinski definition) is 0. The summed E-state index contributed by atoms with van der Waals surface area (Å²) in [6.07, 6.45) is 7.50. The van der Waals surface area contributed by atoms with E-state index in [2.05, 4.69) is 9.97 Å². The summed E-state index contributed by atoms with van der Waals surface area (Å²) < 4.78 is 34.4. The van der Waals surface area contributed by atoms with E-state index in [0.717, 1.165) is 0 Å². The summed E-state index contributed by atoms with van der Waals surface area (Å²) in [5.41, 5.74) is 0. The Morgan fingerprint density at radius 3 is 0.944 bits per heavy atom. The van der Waals surface area contributed by atoms with Gasteiger partial charge in [-0.05, 0) is 0 Å². The van der Waals surface area contributed by atoms with E-state index in [-0.39, 0.29) is 12.4 Å². The molecular formula is C10H13ClCrN2O4. The molecule has 0 aromatic carbocycles. The second-order valence-corrected chi connectivity index (χ2v) is 3.84. The van der Waals surface area contributed by atoms with Crippen LogP contribution in [0.3, 0.4) is 0 Å². The van der Waals surface area contributed by atoms with Crippen LogP contribution in [-0.2, 0) is 21.2 Å². The molecular weight excluding hydrogens is 300 g/mol. The molecule has 0 aliphatic rings. The van der Waals surface area contributed by atoms with Gasteiger partial charge in [0.15, 0.2) is 24.8 Å². The molecule has 2 heterocycles. The minimum atomic E-state index is -5.75.